The molecule has 2 fully saturated rings. The molecule has 1 aliphatic heterocycles. The molecular formula is C10H16N2. The Morgan fingerprint density at radius 2 is 2.00 bits per heavy atom. The third-order valence-electron chi connectivity index (χ3n) is 3.56. The minimum Gasteiger partial charge on any atom is -0.316 e. The van der Waals surface area contributed by atoms with Crippen LogP contribution in [0.5, 0.6) is 0 Å². The molecule has 0 aromatic carbocycles. The maximum Gasteiger partial charge on any atom is 0.0655 e. The highest BCUT2D eigenvalue weighted by molar-refractivity contribution is 4.96. The quantitative estimate of drug-likeness (QED) is 0.591. The standard InChI is InChI=1S/C10H16N2/c11-7-9-1-3-10(4-2-9)5-6-12-8-10/h9,12H,1-6,8H2. The maximum absolute atomic E-state index is 8.76. The highest BCUT2D eigenvalue weighted by Crippen LogP contribution is 2.42. The third-order valence-corrected chi connectivity index (χ3v) is 3.56. The van der Waals surface area contributed by atoms with Crippen molar-refractivity contribution in [3.05, 3.63) is 0 Å². The molecule has 2 heteroatoms. The number of nitrogens with zero attached hydrogens (tertiary/aromatic N) is 1. The molecule has 0 radical (unpaired) electrons. The molecular weight excluding hydrogens is 148 g/mol. The molecule has 2 aliphatic rings. The van der Waals surface area contributed by atoms with Crippen LogP contribution in [0.15, 0.2) is 0 Å². The zero-order chi connectivity index (χ0) is 8.44. The Morgan fingerprint density at radius 3 is 2.50 bits per heavy atom. The fourth-order valence-corrected chi connectivity index (χ4v) is 2.58. The number of hydrogen-bond donors (Lipinski definition) is 1. The molecule has 1 saturated heterocycles. The number of nitriles is 1. The first-order valence-electron chi connectivity index (χ1n) is 4.95. The summed E-state index contributed by atoms with van der Waals surface area (Å²) in [5, 5.41) is 12.2. The van der Waals surface area contributed by atoms with E-state index in [9.17, 15) is 0 Å². The minimum atomic E-state index is 0.358. The molecule has 1 saturated carbocycles. The molecule has 0 bridgehead atoms. The second-order valence-electron chi connectivity index (χ2n) is 4.33. The lowest BCUT2D eigenvalue weighted by Crippen LogP contribution is -2.29. The molecule has 1 N–H and O–H groups in total. The first-order chi connectivity index (χ1) is 5.85. The Hall–Kier alpha value is -0.550. The van der Waals surface area contributed by atoms with Crippen LogP contribution in [-0.2, 0) is 0 Å². The summed E-state index contributed by atoms with van der Waals surface area (Å²) in [6, 6.07) is 2.39. The van der Waals surface area contributed by atoms with E-state index < -0.39 is 0 Å². The van der Waals surface area contributed by atoms with Crippen molar-refractivity contribution in [1.29, 1.82) is 5.26 Å². The Kier molecular flexibility index (Phi) is 2.06. The largest absolute Gasteiger partial charge is 0.316 e. The Bertz CT molecular complexity index is 188. The molecule has 1 aliphatic carbocycles. The van der Waals surface area contributed by atoms with Gasteiger partial charge in [-0.2, -0.15) is 5.26 Å². The van der Waals surface area contributed by atoms with Crippen molar-refractivity contribution in [2.75, 3.05) is 13.1 Å². The van der Waals surface area contributed by atoms with E-state index in [1.54, 1.807) is 0 Å². The van der Waals surface area contributed by atoms with Gasteiger partial charge in [0.25, 0.3) is 0 Å². The maximum atomic E-state index is 8.76. The van der Waals surface area contributed by atoms with Crippen molar-refractivity contribution < 1.29 is 0 Å². The van der Waals surface area contributed by atoms with E-state index in [1.807, 2.05) is 0 Å². The van der Waals surface area contributed by atoms with Crippen LogP contribution in [-0.4, -0.2) is 13.1 Å². The van der Waals surface area contributed by atoms with Gasteiger partial charge < -0.3 is 5.32 Å². The van der Waals surface area contributed by atoms with E-state index in [0.29, 0.717) is 11.3 Å². The highest BCUT2D eigenvalue weighted by Gasteiger charge is 2.37. The smallest absolute Gasteiger partial charge is 0.0655 e. The summed E-state index contributed by atoms with van der Waals surface area (Å²) in [5.41, 5.74) is 0.591. The van der Waals surface area contributed by atoms with Gasteiger partial charge in [0.05, 0.1) is 6.07 Å². The summed E-state index contributed by atoms with van der Waals surface area (Å²) in [5.74, 6) is 0.358. The molecule has 0 unspecified atom stereocenters. The fourth-order valence-electron chi connectivity index (χ4n) is 2.58. The van der Waals surface area contributed by atoms with E-state index in [4.69, 9.17) is 5.26 Å². The van der Waals surface area contributed by atoms with Crippen molar-refractivity contribution in [3.8, 4) is 6.07 Å². The van der Waals surface area contributed by atoms with Gasteiger partial charge in [0.15, 0.2) is 0 Å². The molecule has 1 heterocycles. The van der Waals surface area contributed by atoms with Crippen LogP contribution in [0.1, 0.15) is 32.1 Å². The zero-order valence-corrected chi connectivity index (χ0v) is 7.47. The lowest BCUT2D eigenvalue weighted by molar-refractivity contribution is 0.192. The second kappa shape index (κ2) is 3.06. The van der Waals surface area contributed by atoms with Crippen LogP contribution in [0.25, 0.3) is 0 Å². The van der Waals surface area contributed by atoms with Crippen LogP contribution in [0, 0.1) is 22.7 Å². The lowest BCUT2D eigenvalue weighted by Gasteiger charge is -2.34. The SMILES string of the molecule is N#CC1CCC2(CCNC2)CC1. The Labute approximate surface area is 74.0 Å². The van der Waals surface area contributed by atoms with E-state index >= 15 is 0 Å². The van der Waals surface area contributed by atoms with Gasteiger partial charge in [-0.15, -0.1) is 0 Å². The molecule has 66 valence electrons. The van der Waals surface area contributed by atoms with Gasteiger partial charge in [-0.05, 0) is 44.1 Å². The number of nitrogens with one attached hydrogen (secondary N) is 1. The van der Waals surface area contributed by atoms with Crippen LogP contribution >= 0.6 is 0 Å². The van der Waals surface area contributed by atoms with Crippen molar-refractivity contribution >= 4 is 0 Å². The van der Waals surface area contributed by atoms with Gasteiger partial charge in [-0.25, -0.2) is 0 Å². The van der Waals surface area contributed by atoms with Crippen LogP contribution in [0.2, 0.25) is 0 Å². The van der Waals surface area contributed by atoms with Crippen molar-refractivity contribution in [3.63, 3.8) is 0 Å². The van der Waals surface area contributed by atoms with Gasteiger partial charge in [0.1, 0.15) is 0 Å². The minimum absolute atomic E-state index is 0.358. The molecule has 0 atom stereocenters. The lowest BCUT2D eigenvalue weighted by atomic mass is 9.70. The van der Waals surface area contributed by atoms with E-state index in [0.717, 1.165) is 12.8 Å². The molecule has 1 spiro atoms. The van der Waals surface area contributed by atoms with E-state index in [2.05, 4.69) is 11.4 Å². The molecule has 0 aromatic heterocycles. The van der Waals surface area contributed by atoms with Crippen molar-refractivity contribution in [2.24, 2.45) is 11.3 Å². The van der Waals surface area contributed by atoms with Gasteiger partial charge in [-0.1, -0.05) is 0 Å². The monoisotopic (exact) mass is 164 g/mol. The molecule has 2 nitrogen and oxygen atoms in total. The average Bonchev–Trinajstić information content (AvgIpc) is 2.55. The number of hydrogen-bond acceptors (Lipinski definition) is 2. The highest BCUT2D eigenvalue weighted by atomic mass is 14.9. The first kappa shape index (κ1) is 8.07. The summed E-state index contributed by atoms with van der Waals surface area (Å²) < 4.78 is 0. The summed E-state index contributed by atoms with van der Waals surface area (Å²) in [6.45, 7) is 2.39. The first-order valence-corrected chi connectivity index (χ1v) is 4.95. The normalized spacial score (nSPS) is 41.4. The zero-order valence-electron chi connectivity index (χ0n) is 7.47. The van der Waals surface area contributed by atoms with Gasteiger partial charge in [0.2, 0.25) is 0 Å². The van der Waals surface area contributed by atoms with Gasteiger partial charge in [-0.3, -0.25) is 0 Å². The third kappa shape index (κ3) is 1.34. The summed E-state index contributed by atoms with van der Waals surface area (Å²) >= 11 is 0. The summed E-state index contributed by atoms with van der Waals surface area (Å²) in [4.78, 5) is 0. The van der Waals surface area contributed by atoms with Crippen LogP contribution < -0.4 is 5.32 Å². The van der Waals surface area contributed by atoms with E-state index in [1.165, 1.54) is 32.4 Å². The van der Waals surface area contributed by atoms with Crippen molar-refractivity contribution in [2.45, 2.75) is 32.1 Å². The number of rotatable bonds is 0. The van der Waals surface area contributed by atoms with Crippen LogP contribution in [0.3, 0.4) is 0 Å². The molecule has 12 heavy (non-hydrogen) atoms. The molecule has 2 rings (SSSR count). The molecule has 0 amide bonds. The summed E-state index contributed by atoms with van der Waals surface area (Å²) in [6.07, 6.45) is 6.16. The average molecular weight is 164 g/mol. The second-order valence-corrected chi connectivity index (χ2v) is 4.33. The van der Waals surface area contributed by atoms with Crippen LogP contribution in [0.4, 0.5) is 0 Å². The van der Waals surface area contributed by atoms with Gasteiger partial charge >= 0.3 is 0 Å². The fraction of sp³-hybridized carbons (Fsp3) is 0.900. The van der Waals surface area contributed by atoms with Crippen molar-refractivity contribution in [1.82, 2.24) is 5.32 Å². The molecule has 0 aromatic rings. The predicted octanol–water partition coefficient (Wildman–Crippen LogP) is 1.68. The predicted molar refractivity (Wildman–Crippen MR) is 47.5 cm³/mol. The van der Waals surface area contributed by atoms with E-state index in [-0.39, 0.29) is 0 Å². The summed E-state index contributed by atoms with van der Waals surface area (Å²) in [7, 11) is 0. The Morgan fingerprint density at radius 1 is 1.25 bits per heavy atom. The Balaban J connectivity index is 1.93. The van der Waals surface area contributed by atoms with Gasteiger partial charge in [0, 0.05) is 12.5 Å². The topological polar surface area (TPSA) is 35.8 Å².